The van der Waals surface area contributed by atoms with E-state index in [0.29, 0.717) is 48.4 Å². The molecule has 8 nitrogen and oxygen atoms in total. The number of fused-ring (bicyclic) bond motifs is 1. The maximum atomic E-state index is 12.8. The summed E-state index contributed by atoms with van der Waals surface area (Å²) in [6.07, 6.45) is 1.05. The molecule has 1 N–H and O–H groups in total. The predicted molar refractivity (Wildman–Crippen MR) is 176 cm³/mol. The average Bonchev–Trinajstić information content (AvgIpc) is 3.09. The largest absolute Gasteiger partial charge is 0.490 e. The van der Waals surface area contributed by atoms with Crippen molar-refractivity contribution in [3.05, 3.63) is 137 Å². The van der Waals surface area contributed by atoms with Crippen molar-refractivity contribution in [1.82, 2.24) is 5.32 Å². The molecule has 0 aliphatic rings. The summed E-state index contributed by atoms with van der Waals surface area (Å²) in [5.41, 5.74) is 3.04. The molecule has 0 fully saturated rings. The van der Waals surface area contributed by atoms with Crippen LogP contribution in [0.15, 0.2) is 124 Å². The third-order valence-electron chi connectivity index (χ3n) is 7.30. The number of carbonyl (C=O) groups excluding carboxylic acids is 2. The standard InChI is InChI=1S/C38H37NO7/c40-34-24-35(30-15-8-3-9-16-30)46-36-23-31(19-20-33(34)36)43-27-32(45-38(42)21-18-28-11-4-1-5-12-28)25-39-22-10-17-37(41)44-26-29-13-6-2-7-14-29/h1-9,11-16,19-20,23-24,32,39H,10,17-18,21-22,25-27H2. The van der Waals surface area contributed by atoms with Crippen LogP contribution in [0.2, 0.25) is 0 Å². The Kier molecular flexibility index (Phi) is 11.7. The SMILES string of the molecule is O=C(CCCNCC(COc1ccc2c(=O)cc(-c3ccccc3)oc2c1)OC(=O)CCc1ccccc1)OCc1ccccc1. The van der Waals surface area contributed by atoms with Gasteiger partial charge < -0.3 is 23.9 Å². The first-order valence-electron chi connectivity index (χ1n) is 15.4. The molecule has 8 heteroatoms. The second-order valence-corrected chi connectivity index (χ2v) is 10.9. The van der Waals surface area contributed by atoms with Crippen molar-refractivity contribution in [2.45, 2.75) is 38.4 Å². The third kappa shape index (κ3) is 9.90. The smallest absolute Gasteiger partial charge is 0.306 e. The van der Waals surface area contributed by atoms with Gasteiger partial charge >= 0.3 is 11.9 Å². The molecule has 0 saturated carbocycles. The number of aryl methyl sites for hydroxylation is 1. The fourth-order valence-corrected chi connectivity index (χ4v) is 4.86. The first-order chi connectivity index (χ1) is 22.5. The highest BCUT2D eigenvalue weighted by Crippen LogP contribution is 2.25. The minimum atomic E-state index is -0.591. The number of hydrogen-bond acceptors (Lipinski definition) is 8. The maximum absolute atomic E-state index is 12.8. The van der Waals surface area contributed by atoms with Crippen molar-refractivity contribution in [2.24, 2.45) is 0 Å². The van der Waals surface area contributed by atoms with Gasteiger partial charge in [-0.2, -0.15) is 0 Å². The Labute approximate surface area is 267 Å². The van der Waals surface area contributed by atoms with Crippen LogP contribution in [0, 0.1) is 0 Å². The van der Waals surface area contributed by atoms with Gasteiger partial charge in [0.15, 0.2) is 5.43 Å². The van der Waals surface area contributed by atoms with E-state index < -0.39 is 6.10 Å². The quantitative estimate of drug-likeness (QED) is 0.0987. The molecule has 0 aliphatic heterocycles. The minimum Gasteiger partial charge on any atom is -0.490 e. The number of hydrogen-bond donors (Lipinski definition) is 1. The van der Waals surface area contributed by atoms with E-state index in [-0.39, 0.29) is 43.4 Å². The molecule has 5 rings (SSSR count). The summed E-state index contributed by atoms with van der Waals surface area (Å²) in [5, 5.41) is 3.71. The highest BCUT2D eigenvalue weighted by Gasteiger charge is 2.17. The lowest BCUT2D eigenvalue weighted by molar-refractivity contribution is -0.150. The highest BCUT2D eigenvalue weighted by molar-refractivity contribution is 5.80. The van der Waals surface area contributed by atoms with E-state index in [9.17, 15) is 14.4 Å². The van der Waals surface area contributed by atoms with Gasteiger partial charge in [-0.15, -0.1) is 0 Å². The Morgan fingerprint density at radius 3 is 2.20 bits per heavy atom. The van der Waals surface area contributed by atoms with Crippen LogP contribution in [0.1, 0.15) is 30.4 Å². The molecule has 1 atom stereocenters. The number of nitrogens with one attached hydrogen (secondary N) is 1. The number of benzene rings is 4. The fourth-order valence-electron chi connectivity index (χ4n) is 4.86. The van der Waals surface area contributed by atoms with Crippen molar-refractivity contribution in [3.63, 3.8) is 0 Å². The van der Waals surface area contributed by atoms with Crippen LogP contribution in [0.25, 0.3) is 22.3 Å². The molecule has 0 bridgehead atoms. The van der Waals surface area contributed by atoms with Crippen molar-refractivity contribution >= 4 is 22.9 Å². The molecular formula is C38H37NO7. The van der Waals surface area contributed by atoms with Crippen LogP contribution in [0.4, 0.5) is 0 Å². The van der Waals surface area contributed by atoms with E-state index in [4.69, 9.17) is 18.6 Å². The molecule has 0 aliphatic carbocycles. The van der Waals surface area contributed by atoms with Crippen molar-refractivity contribution in [1.29, 1.82) is 0 Å². The summed E-state index contributed by atoms with van der Waals surface area (Å²) < 4.78 is 23.2. The van der Waals surface area contributed by atoms with Gasteiger partial charge in [0, 0.05) is 37.1 Å². The average molecular weight is 620 g/mol. The van der Waals surface area contributed by atoms with E-state index in [0.717, 1.165) is 16.7 Å². The van der Waals surface area contributed by atoms with E-state index in [1.54, 1.807) is 18.2 Å². The zero-order chi connectivity index (χ0) is 32.0. The number of ether oxygens (including phenoxy) is 3. The zero-order valence-corrected chi connectivity index (χ0v) is 25.6. The molecule has 1 heterocycles. The van der Waals surface area contributed by atoms with E-state index >= 15 is 0 Å². The van der Waals surface area contributed by atoms with Crippen LogP contribution in [-0.4, -0.2) is 37.7 Å². The second kappa shape index (κ2) is 16.7. The monoisotopic (exact) mass is 619 g/mol. The van der Waals surface area contributed by atoms with Crippen LogP contribution in [-0.2, 0) is 32.1 Å². The second-order valence-electron chi connectivity index (χ2n) is 10.9. The Hall–Kier alpha value is -5.21. The van der Waals surface area contributed by atoms with Crippen LogP contribution < -0.4 is 15.5 Å². The predicted octanol–water partition coefficient (Wildman–Crippen LogP) is 6.50. The number of rotatable bonds is 16. The first-order valence-corrected chi connectivity index (χ1v) is 15.4. The lowest BCUT2D eigenvalue weighted by atomic mass is 10.1. The van der Waals surface area contributed by atoms with Gasteiger partial charge in [-0.25, -0.2) is 0 Å². The van der Waals surface area contributed by atoms with Gasteiger partial charge in [0.05, 0.1) is 5.39 Å². The third-order valence-corrected chi connectivity index (χ3v) is 7.30. The molecule has 0 spiro atoms. The summed E-state index contributed by atoms with van der Waals surface area (Å²) in [6, 6.07) is 35.2. The lowest BCUT2D eigenvalue weighted by Gasteiger charge is -2.19. The van der Waals surface area contributed by atoms with Crippen molar-refractivity contribution in [2.75, 3.05) is 19.7 Å². The molecule has 46 heavy (non-hydrogen) atoms. The van der Waals surface area contributed by atoms with Gasteiger partial charge in [0.1, 0.15) is 36.4 Å². The van der Waals surface area contributed by atoms with E-state index in [2.05, 4.69) is 5.32 Å². The summed E-state index contributed by atoms with van der Waals surface area (Å²) in [7, 11) is 0. The molecule has 5 aromatic rings. The molecular weight excluding hydrogens is 582 g/mol. The molecule has 4 aromatic carbocycles. The summed E-state index contributed by atoms with van der Waals surface area (Å²) in [4.78, 5) is 37.7. The Balaban J connectivity index is 1.16. The molecule has 236 valence electrons. The summed E-state index contributed by atoms with van der Waals surface area (Å²) >= 11 is 0. The van der Waals surface area contributed by atoms with Crippen LogP contribution in [0.3, 0.4) is 0 Å². The van der Waals surface area contributed by atoms with Crippen LogP contribution >= 0.6 is 0 Å². The Bertz CT molecular complexity index is 1750. The normalized spacial score (nSPS) is 11.6. The first kappa shape index (κ1) is 32.2. The van der Waals surface area contributed by atoms with Gasteiger partial charge in [0.25, 0.3) is 0 Å². The molecule has 0 radical (unpaired) electrons. The van der Waals surface area contributed by atoms with Crippen molar-refractivity contribution in [3.8, 4) is 17.1 Å². The summed E-state index contributed by atoms with van der Waals surface area (Å²) in [6.45, 7) is 1.19. The zero-order valence-electron chi connectivity index (χ0n) is 25.6. The van der Waals surface area contributed by atoms with Crippen molar-refractivity contribution < 1.29 is 28.2 Å². The molecule has 1 unspecified atom stereocenters. The molecule has 0 saturated heterocycles. The fraction of sp³-hybridized carbons (Fsp3) is 0.237. The topological polar surface area (TPSA) is 104 Å². The molecule has 0 amide bonds. The number of esters is 2. The van der Waals surface area contributed by atoms with Gasteiger partial charge in [-0.3, -0.25) is 14.4 Å². The Morgan fingerprint density at radius 1 is 0.761 bits per heavy atom. The lowest BCUT2D eigenvalue weighted by Crippen LogP contribution is -2.36. The van der Waals surface area contributed by atoms with E-state index in [1.807, 2.05) is 91.0 Å². The maximum Gasteiger partial charge on any atom is 0.306 e. The van der Waals surface area contributed by atoms with Gasteiger partial charge in [0.2, 0.25) is 0 Å². The highest BCUT2D eigenvalue weighted by atomic mass is 16.6. The van der Waals surface area contributed by atoms with Gasteiger partial charge in [-0.05, 0) is 42.6 Å². The summed E-state index contributed by atoms with van der Waals surface area (Å²) in [5.74, 6) is 0.345. The molecule has 1 aromatic heterocycles. The van der Waals surface area contributed by atoms with E-state index in [1.165, 1.54) is 6.07 Å². The Morgan fingerprint density at radius 2 is 1.46 bits per heavy atom. The number of carbonyl (C=O) groups is 2. The minimum absolute atomic E-state index is 0.0807. The van der Waals surface area contributed by atoms with Gasteiger partial charge in [-0.1, -0.05) is 91.0 Å². The van der Waals surface area contributed by atoms with Crippen LogP contribution in [0.5, 0.6) is 5.75 Å².